The van der Waals surface area contributed by atoms with Crippen LogP contribution in [-0.2, 0) is 21.4 Å². The zero-order chi connectivity index (χ0) is 26.1. The Kier molecular flexibility index (Phi) is 9.03. The van der Waals surface area contributed by atoms with Crippen LogP contribution in [0.1, 0.15) is 43.2 Å². The van der Waals surface area contributed by atoms with E-state index in [4.69, 9.17) is 4.74 Å². The van der Waals surface area contributed by atoms with Gasteiger partial charge in [0.1, 0.15) is 18.2 Å². The summed E-state index contributed by atoms with van der Waals surface area (Å²) in [6.45, 7) is 0.0552. The molecule has 4 rings (SSSR count). The lowest BCUT2D eigenvalue weighted by Crippen LogP contribution is -2.46. The van der Waals surface area contributed by atoms with Gasteiger partial charge in [-0.2, -0.15) is 9.41 Å². The van der Waals surface area contributed by atoms with E-state index in [0.29, 0.717) is 30.8 Å². The molecule has 0 saturated heterocycles. The van der Waals surface area contributed by atoms with Gasteiger partial charge in [-0.05, 0) is 60.4 Å². The van der Waals surface area contributed by atoms with Gasteiger partial charge >= 0.3 is 0 Å². The van der Waals surface area contributed by atoms with Crippen molar-refractivity contribution in [2.45, 2.75) is 49.6 Å². The molecule has 1 aliphatic carbocycles. The van der Waals surface area contributed by atoms with E-state index in [9.17, 15) is 17.6 Å². The third-order valence-electron chi connectivity index (χ3n) is 6.21. The smallest absolute Gasteiger partial charge is 0.255 e. The second kappa shape index (κ2) is 12.6. The molecule has 1 fully saturated rings. The Morgan fingerprint density at radius 1 is 1.00 bits per heavy atom. The molecule has 9 heteroatoms. The Morgan fingerprint density at radius 2 is 1.73 bits per heavy atom. The van der Waals surface area contributed by atoms with Crippen LogP contribution >= 0.6 is 0 Å². The third kappa shape index (κ3) is 7.47. The van der Waals surface area contributed by atoms with Crippen LogP contribution in [0.4, 0.5) is 4.39 Å². The normalized spacial score (nSPS) is 14.6. The van der Waals surface area contributed by atoms with Crippen LogP contribution in [0.5, 0.6) is 5.75 Å². The first-order chi connectivity index (χ1) is 17.9. The molecule has 1 aliphatic rings. The summed E-state index contributed by atoms with van der Waals surface area (Å²) in [4.78, 5) is 12.7. The average Bonchev–Trinajstić information content (AvgIpc) is 2.92. The van der Waals surface area contributed by atoms with E-state index in [2.05, 4.69) is 10.5 Å². The van der Waals surface area contributed by atoms with Crippen LogP contribution in [0, 0.1) is 5.82 Å². The molecule has 0 aromatic heterocycles. The minimum absolute atomic E-state index is 0.0388. The fraction of sp³-hybridized carbons (Fsp3) is 0.286. The molecule has 1 N–H and O–H groups in total. The van der Waals surface area contributed by atoms with Gasteiger partial charge < -0.3 is 4.74 Å². The van der Waals surface area contributed by atoms with Crippen molar-refractivity contribution in [2.24, 2.45) is 5.10 Å². The molecule has 0 heterocycles. The molecule has 3 aromatic rings. The molecule has 0 aliphatic heterocycles. The van der Waals surface area contributed by atoms with Crippen LogP contribution in [0.25, 0.3) is 0 Å². The maximum Gasteiger partial charge on any atom is 0.255 e. The van der Waals surface area contributed by atoms with Gasteiger partial charge in [0.15, 0.2) is 0 Å². The number of hydrogen-bond donors (Lipinski definition) is 1. The topological polar surface area (TPSA) is 88.1 Å². The van der Waals surface area contributed by atoms with E-state index in [1.54, 1.807) is 6.07 Å². The van der Waals surface area contributed by atoms with Crippen LogP contribution in [0.15, 0.2) is 88.9 Å². The fourth-order valence-electron chi connectivity index (χ4n) is 4.30. The number of carbonyl (C=O) groups excluding carboxylic acids is 1. The number of nitrogens with one attached hydrogen (secondary N) is 1. The van der Waals surface area contributed by atoms with Gasteiger partial charge in [0.05, 0.1) is 17.7 Å². The molecule has 0 spiro atoms. The van der Waals surface area contributed by atoms with Crippen LogP contribution in [0.3, 0.4) is 0 Å². The maximum absolute atomic E-state index is 13.4. The predicted octanol–water partition coefficient (Wildman–Crippen LogP) is 4.88. The Bertz CT molecular complexity index is 1310. The number of ether oxygens (including phenoxy) is 1. The molecule has 194 valence electrons. The van der Waals surface area contributed by atoms with Crippen LogP contribution in [0.2, 0.25) is 0 Å². The first kappa shape index (κ1) is 26.5. The lowest BCUT2D eigenvalue weighted by molar-refractivity contribution is -0.121. The summed E-state index contributed by atoms with van der Waals surface area (Å²) < 4.78 is 47.1. The molecular formula is C28H30FN3O4S. The number of hydrogen-bond acceptors (Lipinski definition) is 5. The van der Waals surface area contributed by atoms with Crippen molar-refractivity contribution in [3.8, 4) is 5.75 Å². The van der Waals surface area contributed by atoms with Crippen molar-refractivity contribution < 1.29 is 22.3 Å². The predicted molar refractivity (Wildman–Crippen MR) is 140 cm³/mol. The summed E-state index contributed by atoms with van der Waals surface area (Å²) in [5.74, 6) is -0.415. The summed E-state index contributed by atoms with van der Waals surface area (Å²) >= 11 is 0. The van der Waals surface area contributed by atoms with Crippen LogP contribution < -0.4 is 10.2 Å². The number of nitrogens with zero attached hydrogens (tertiary/aromatic N) is 2. The zero-order valence-electron chi connectivity index (χ0n) is 20.4. The minimum Gasteiger partial charge on any atom is -0.489 e. The Labute approximate surface area is 217 Å². The standard InChI is InChI=1S/C28H30FN3O4S/c29-24-14-16-27(17-15-24)37(34,35)32(25-11-5-2-6-12-25)20-28(33)31-30-19-23-10-7-13-26(18-23)36-21-22-8-3-1-4-9-22/h1,3-4,7-10,13-19,25H,2,5-6,11-12,20-21H2,(H,31,33). The SMILES string of the molecule is O=C(CN(C1CCCCC1)S(=O)(=O)c1ccc(F)cc1)NN=Cc1cccc(OCc2ccccc2)c1. The molecule has 7 nitrogen and oxygen atoms in total. The highest BCUT2D eigenvalue weighted by Gasteiger charge is 2.34. The number of halogens is 1. The van der Waals surface area contributed by atoms with Crippen molar-refractivity contribution in [3.63, 3.8) is 0 Å². The molecule has 0 atom stereocenters. The number of benzene rings is 3. The third-order valence-corrected chi connectivity index (χ3v) is 8.12. The molecule has 1 saturated carbocycles. The van der Waals surface area contributed by atoms with E-state index < -0.39 is 21.7 Å². The fourth-order valence-corrected chi connectivity index (χ4v) is 5.94. The zero-order valence-corrected chi connectivity index (χ0v) is 21.2. The monoisotopic (exact) mass is 523 g/mol. The molecule has 3 aromatic carbocycles. The van der Waals surface area contributed by atoms with Gasteiger partial charge in [-0.25, -0.2) is 18.2 Å². The van der Waals surface area contributed by atoms with E-state index in [0.717, 1.165) is 37.0 Å². The minimum atomic E-state index is -3.99. The number of rotatable bonds is 10. The molecule has 0 bridgehead atoms. The summed E-state index contributed by atoms with van der Waals surface area (Å²) in [6.07, 6.45) is 5.64. The van der Waals surface area contributed by atoms with Gasteiger partial charge in [0.25, 0.3) is 5.91 Å². The Balaban J connectivity index is 1.39. The lowest BCUT2D eigenvalue weighted by atomic mass is 9.95. The number of sulfonamides is 1. The van der Waals surface area contributed by atoms with Crippen molar-refractivity contribution in [2.75, 3.05) is 6.54 Å². The second-order valence-corrected chi connectivity index (χ2v) is 10.8. The summed E-state index contributed by atoms with van der Waals surface area (Å²) in [5, 5.41) is 4.01. The molecule has 1 amide bonds. The first-order valence-electron chi connectivity index (χ1n) is 12.3. The van der Waals surface area contributed by atoms with Gasteiger partial charge in [-0.15, -0.1) is 0 Å². The molecule has 0 unspecified atom stereocenters. The highest BCUT2D eigenvalue weighted by molar-refractivity contribution is 7.89. The second-order valence-electron chi connectivity index (χ2n) is 8.94. The molecular weight excluding hydrogens is 493 g/mol. The van der Waals surface area contributed by atoms with Crippen LogP contribution in [-0.4, -0.2) is 37.4 Å². The largest absolute Gasteiger partial charge is 0.489 e. The molecule has 0 radical (unpaired) electrons. The summed E-state index contributed by atoms with van der Waals surface area (Å²) in [6, 6.07) is 21.4. The highest BCUT2D eigenvalue weighted by atomic mass is 32.2. The van der Waals surface area contributed by atoms with E-state index >= 15 is 0 Å². The van der Waals surface area contributed by atoms with Crippen molar-refractivity contribution in [1.82, 2.24) is 9.73 Å². The number of hydrazone groups is 1. The van der Waals surface area contributed by atoms with Gasteiger partial charge in [-0.3, -0.25) is 4.79 Å². The Hall–Kier alpha value is -3.56. The summed E-state index contributed by atoms with van der Waals surface area (Å²) in [5.41, 5.74) is 4.20. The molecule has 37 heavy (non-hydrogen) atoms. The van der Waals surface area contributed by atoms with Gasteiger partial charge in [-0.1, -0.05) is 61.7 Å². The Morgan fingerprint density at radius 3 is 2.46 bits per heavy atom. The van der Waals surface area contributed by atoms with Crippen molar-refractivity contribution in [3.05, 3.63) is 95.8 Å². The summed E-state index contributed by atoms with van der Waals surface area (Å²) in [7, 11) is -3.99. The van der Waals surface area contributed by atoms with Gasteiger partial charge in [0, 0.05) is 6.04 Å². The number of amides is 1. The van der Waals surface area contributed by atoms with Gasteiger partial charge in [0.2, 0.25) is 10.0 Å². The van der Waals surface area contributed by atoms with E-state index in [-0.39, 0.29) is 17.5 Å². The van der Waals surface area contributed by atoms with E-state index in [1.807, 2.05) is 48.5 Å². The number of carbonyl (C=O) groups is 1. The first-order valence-corrected chi connectivity index (χ1v) is 13.7. The maximum atomic E-state index is 13.4. The average molecular weight is 524 g/mol. The quantitative estimate of drug-likeness (QED) is 0.303. The van der Waals surface area contributed by atoms with Crippen molar-refractivity contribution >= 4 is 22.1 Å². The van der Waals surface area contributed by atoms with E-state index in [1.165, 1.54) is 22.7 Å². The lowest BCUT2D eigenvalue weighted by Gasteiger charge is -2.32. The van der Waals surface area contributed by atoms with Crippen molar-refractivity contribution in [1.29, 1.82) is 0 Å². The highest BCUT2D eigenvalue weighted by Crippen LogP contribution is 2.27.